The molecule has 0 fully saturated rings. The molecule has 102 valence electrons. The Morgan fingerprint density at radius 2 is 1.85 bits per heavy atom. The molecule has 0 bridgehead atoms. The molecular formula is C15H15N3O2. The minimum atomic E-state index is -0.621. The molecule has 2 aromatic rings. The van der Waals surface area contributed by atoms with E-state index < -0.39 is 6.09 Å². The van der Waals surface area contributed by atoms with Gasteiger partial charge in [0.2, 0.25) is 0 Å². The van der Waals surface area contributed by atoms with Gasteiger partial charge < -0.3 is 10.5 Å². The number of nitrogen functional groups attached to an aromatic ring is 1. The maximum atomic E-state index is 11.8. The van der Waals surface area contributed by atoms with Crippen LogP contribution in [0.15, 0.2) is 48.5 Å². The van der Waals surface area contributed by atoms with Crippen LogP contribution < -0.4 is 15.8 Å². The molecule has 5 heteroatoms. The Morgan fingerprint density at radius 3 is 2.50 bits per heavy atom. The molecule has 20 heavy (non-hydrogen) atoms. The zero-order valence-corrected chi connectivity index (χ0v) is 11.0. The lowest BCUT2D eigenvalue weighted by molar-refractivity contribution is 0.215. The zero-order chi connectivity index (χ0) is 14.5. The van der Waals surface area contributed by atoms with Gasteiger partial charge in [0.05, 0.1) is 5.69 Å². The van der Waals surface area contributed by atoms with E-state index in [2.05, 4.69) is 5.32 Å². The Balaban J connectivity index is 2.16. The SMILES string of the molecule is Cc1cccc(NC(=O)Oc2ccccc2)c1C(=N)N. The summed E-state index contributed by atoms with van der Waals surface area (Å²) in [6, 6.07) is 14.0. The summed E-state index contributed by atoms with van der Waals surface area (Å²) in [5.74, 6) is 0.347. The van der Waals surface area contributed by atoms with Gasteiger partial charge >= 0.3 is 6.09 Å². The molecule has 5 nitrogen and oxygen atoms in total. The lowest BCUT2D eigenvalue weighted by Crippen LogP contribution is -2.21. The molecule has 2 rings (SSSR count). The molecule has 0 spiro atoms. The molecule has 0 radical (unpaired) electrons. The van der Waals surface area contributed by atoms with Crippen LogP contribution in [-0.4, -0.2) is 11.9 Å². The molecule has 0 aliphatic carbocycles. The van der Waals surface area contributed by atoms with Crippen LogP contribution in [0.25, 0.3) is 0 Å². The predicted molar refractivity (Wildman–Crippen MR) is 78.3 cm³/mol. The molecule has 0 unspecified atom stereocenters. The average molecular weight is 269 g/mol. The fourth-order valence-electron chi connectivity index (χ4n) is 1.86. The van der Waals surface area contributed by atoms with Crippen molar-refractivity contribution in [1.29, 1.82) is 5.41 Å². The van der Waals surface area contributed by atoms with Crippen LogP contribution in [0.3, 0.4) is 0 Å². The minimum Gasteiger partial charge on any atom is -0.410 e. The molecule has 1 amide bonds. The number of carbonyl (C=O) groups excluding carboxylic acids is 1. The van der Waals surface area contributed by atoms with E-state index in [1.807, 2.05) is 19.1 Å². The number of aryl methyl sites for hydroxylation is 1. The van der Waals surface area contributed by atoms with Crippen LogP contribution in [-0.2, 0) is 0 Å². The van der Waals surface area contributed by atoms with E-state index in [4.69, 9.17) is 15.9 Å². The number of ether oxygens (including phenoxy) is 1. The van der Waals surface area contributed by atoms with E-state index >= 15 is 0 Å². The fraction of sp³-hybridized carbons (Fsp3) is 0.0667. The highest BCUT2D eigenvalue weighted by Crippen LogP contribution is 2.19. The molecule has 0 heterocycles. The highest BCUT2D eigenvalue weighted by atomic mass is 16.6. The standard InChI is InChI=1S/C15H15N3O2/c1-10-6-5-9-12(13(10)14(16)17)18-15(19)20-11-7-3-2-4-8-11/h2-9H,1H3,(H3,16,17)(H,18,19). The Labute approximate surface area is 116 Å². The van der Waals surface area contributed by atoms with E-state index in [0.29, 0.717) is 17.0 Å². The number of amidine groups is 1. The summed E-state index contributed by atoms with van der Waals surface area (Å²) in [6.45, 7) is 1.82. The van der Waals surface area contributed by atoms with Crippen molar-refractivity contribution in [3.8, 4) is 5.75 Å². The lowest BCUT2D eigenvalue weighted by atomic mass is 10.1. The lowest BCUT2D eigenvalue weighted by Gasteiger charge is -2.12. The van der Waals surface area contributed by atoms with E-state index in [0.717, 1.165) is 5.56 Å². The van der Waals surface area contributed by atoms with Gasteiger partial charge in [-0.3, -0.25) is 10.7 Å². The number of rotatable bonds is 3. The summed E-state index contributed by atoms with van der Waals surface area (Å²) >= 11 is 0. The largest absolute Gasteiger partial charge is 0.417 e. The van der Waals surface area contributed by atoms with Crippen molar-refractivity contribution in [3.63, 3.8) is 0 Å². The highest BCUT2D eigenvalue weighted by Gasteiger charge is 2.12. The van der Waals surface area contributed by atoms with Gasteiger partial charge in [0.1, 0.15) is 11.6 Å². The van der Waals surface area contributed by atoms with Gasteiger partial charge in [-0.25, -0.2) is 4.79 Å². The number of para-hydroxylation sites is 1. The third-order valence-corrected chi connectivity index (χ3v) is 2.73. The van der Waals surface area contributed by atoms with Crippen molar-refractivity contribution in [1.82, 2.24) is 0 Å². The van der Waals surface area contributed by atoms with Gasteiger partial charge in [-0.1, -0.05) is 30.3 Å². The first kappa shape index (κ1) is 13.6. The van der Waals surface area contributed by atoms with Crippen molar-refractivity contribution < 1.29 is 9.53 Å². The van der Waals surface area contributed by atoms with E-state index in [-0.39, 0.29) is 5.84 Å². The first-order valence-electron chi connectivity index (χ1n) is 6.06. The normalized spacial score (nSPS) is 9.85. The first-order valence-corrected chi connectivity index (χ1v) is 6.06. The molecule has 0 aliphatic rings. The topological polar surface area (TPSA) is 88.2 Å². The summed E-state index contributed by atoms with van der Waals surface area (Å²) in [7, 11) is 0. The summed E-state index contributed by atoms with van der Waals surface area (Å²) in [5, 5.41) is 10.2. The summed E-state index contributed by atoms with van der Waals surface area (Å²) < 4.78 is 5.13. The number of anilines is 1. The van der Waals surface area contributed by atoms with Crippen LogP contribution >= 0.6 is 0 Å². The maximum absolute atomic E-state index is 11.8. The Kier molecular flexibility index (Phi) is 4.00. The van der Waals surface area contributed by atoms with Gasteiger partial charge in [-0.2, -0.15) is 0 Å². The molecule has 0 saturated heterocycles. The average Bonchev–Trinajstić information content (AvgIpc) is 2.39. The van der Waals surface area contributed by atoms with E-state index in [9.17, 15) is 4.79 Å². The van der Waals surface area contributed by atoms with Crippen LogP contribution in [0.1, 0.15) is 11.1 Å². The summed E-state index contributed by atoms with van der Waals surface area (Å²) in [6.07, 6.45) is -0.621. The van der Waals surface area contributed by atoms with Gasteiger partial charge in [-0.05, 0) is 30.7 Å². The number of hydrogen-bond acceptors (Lipinski definition) is 3. The van der Waals surface area contributed by atoms with Crippen LogP contribution in [0.4, 0.5) is 10.5 Å². The van der Waals surface area contributed by atoms with E-state index in [1.54, 1.807) is 36.4 Å². The van der Waals surface area contributed by atoms with E-state index in [1.165, 1.54) is 0 Å². The predicted octanol–water partition coefficient (Wildman–Crippen LogP) is 2.89. The number of nitrogens with one attached hydrogen (secondary N) is 2. The number of nitrogens with two attached hydrogens (primary N) is 1. The quantitative estimate of drug-likeness (QED) is 0.591. The maximum Gasteiger partial charge on any atom is 0.417 e. The van der Waals surface area contributed by atoms with Crippen molar-refractivity contribution in [2.24, 2.45) is 5.73 Å². The van der Waals surface area contributed by atoms with Gasteiger partial charge in [0, 0.05) is 5.56 Å². The van der Waals surface area contributed by atoms with Crippen molar-refractivity contribution in [2.45, 2.75) is 6.92 Å². The van der Waals surface area contributed by atoms with Gasteiger partial charge in [0.15, 0.2) is 0 Å². The highest BCUT2D eigenvalue weighted by molar-refractivity contribution is 6.04. The fourth-order valence-corrected chi connectivity index (χ4v) is 1.86. The summed E-state index contributed by atoms with van der Waals surface area (Å²) in [4.78, 5) is 11.8. The second-order valence-corrected chi connectivity index (χ2v) is 4.24. The minimum absolute atomic E-state index is 0.0990. The molecule has 0 aromatic heterocycles. The monoisotopic (exact) mass is 269 g/mol. The van der Waals surface area contributed by atoms with Gasteiger partial charge in [0.25, 0.3) is 0 Å². The number of carbonyl (C=O) groups is 1. The number of amides is 1. The second-order valence-electron chi connectivity index (χ2n) is 4.24. The van der Waals surface area contributed by atoms with Gasteiger partial charge in [-0.15, -0.1) is 0 Å². The smallest absolute Gasteiger partial charge is 0.410 e. The number of benzene rings is 2. The third kappa shape index (κ3) is 3.14. The molecule has 4 N–H and O–H groups in total. The Bertz CT molecular complexity index is 639. The molecular weight excluding hydrogens is 254 g/mol. The summed E-state index contributed by atoms with van der Waals surface area (Å²) in [5.41, 5.74) is 7.30. The zero-order valence-electron chi connectivity index (χ0n) is 11.0. The van der Waals surface area contributed by atoms with Crippen molar-refractivity contribution in [2.75, 3.05) is 5.32 Å². The van der Waals surface area contributed by atoms with Crippen LogP contribution in [0.2, 0.25) is 0 Å². The van der Waals surface area contributed by atoms with Crippen molar-refractivity contribution >= 4 is 17.6 Å². The Morgan fingerprint density at radius 1 is 1.15 bits per heavy atom. The third-order valence-electron chi connectivity index (χ3n) is 2.73. The molecule has 2 aromatic carbocycles. The molecule has 0 saturated carbocycles. The Hall–Kier alpha value is -2.82. The van der Waals surface area contributed by atoms with Crippen molar-refractivity contribution in [3.05, 3.63) is 59.7 Å². The second kappa shape index (κ2) is 5.88. The molecule has 0 aliphatic heterocycles. The molecule has 0 atom stereocenters. The first-order chi connectivity index (χ1) is 9.58. The van der Waals surface area contributed by atoms with Crippen LogP contribution in [0, 0.1) is 12.3 Å². The van der Waals surface area contributed by atoms with Crippen LogP contribution in [0.5, 0.6) is 5.75 Å². The number of hydrogen-bond donors (Lipinski definition) is 3.